The molecule has 0 saturated carbocycles. The van der Waals surface area contributed by atoms with Crippen LogP contribution in [0.4, 0.5) is 5.82 Å². The number of sulfone groups is 1. The number of nitrogens with one attached hydrogen (secondary N) is 1. The van der Waals surface area contributed by atoms with Crippen molar-refractivity contribution in [3.63, 3.8) is 0 Å². The zero-order chi connectivity index (χ0) is 35.3. The van der Waals surface area contributed by atoms with Gasteiger partial charge in [-0.05, 0) is 49.5 Å². The quantitative estimate of drug-likeness (QED) is 0.123. The van der Waals surface area contributed by atoms with Crippen LogP contribution in [-0.2, 0) is 28.0 Å². The van der Waals surface area contributed by atoms with Gasteiger partial charge in [0.25, 0.3) is 8.53 Å². The lowest BCUT2D eigenvalue weighted by molar-refractivity contribution is -0.0341. The summed E-state index contributed by atoms with van der Waals surface area (Å²) in [6, 6.07) is 8.43. The molecule has 0 amide bonds. The Bertz CT molecular complexity index is 1830. The van der Waals surface area contributed by atoms with E-state index in [-0.39, 0.29) is 21.7 Å². The van der Waals surface area contributed by atoms with Crippen LogP contribution in [0.5, 0.6) is 0 Å². The fourth-order valence-corrected chi connectivity index (χ4v) is 11.2. The standard InChI is InChI=1S/C32H48N7O7PSSi/c1-9-23-26(45-47-38-17-13-16-22(38)24(44-47)18-48(41,42)21-14-11-10-12-15-21)27(46-49(7,8)32(2,3)4)30(43-23)39-29-25(36-31(39)40)28(33-19-34-29)35-20-37(5)6/h10-12,14-15,19-20,22-24,26-27,30H,9,13,16-18H2,1-8H3,(H,36,40)/b35-20-/t22-,23+,24+,26?,27-,30+,47+/m0/s1. The smallest absolute Gasteiger partial charge is 0.330 e. The van der Waals surface area contributed by atoms with E-state index < -0.39 is 63.0 Å². The van der Waals surface area contributed by atoms with E-state index in [0.29, 0.717) is 23.4 Å². The third-order valence-electron chi connectivity index (χ3n) is 9.91. The van der Waals surface area contributed by atoms with Gasteiger partial charge in [0.2, 0.25) is 0 Å². The summed E-state index contributed by atoms with van der Waals surface area (Å²) in [5.74, 6) is 0.197. The van der Waals surface area contributed by atoms with E-state index >= 15 is 0 Å². The molecule has 7 atom stereocenters. The largest absolute Gasteiger partial charge is 0.407 e. The number of hydrogen-bond acceptors (Lipinski definition) is 11. The SMILES string of the molecule is CC[C@H]1O[C@@H](n2c(=O)[nH]c3c(/N=C\N(C)C)ncnc32)[C@@H](O[Si](C)(C)C(C)(C)C)C1O[P@@]1O[C@H](CS(=O)(=O)c2ccccc2)[C@@H]2CCCN21. The van der Waals surface area contributed by atoms with Crippen LogP contribution in [0.25, 0.3) is 11.2 Å². The van der Waals surface area contributed by atoms with Gasteiger partial charge >= 0.3 is 5.69 Å². The number of hydrogen-bond donors (Lipinski definition) is 1. The van der Waals surface area contributed by atoms with Crippen LogP contribution in [0, 0.1) is 0 Å². The van der Waals surface area contributed by atoms with Crippen molar-refractivity contribution in [2.45, 2.75) is 107 Å². The number of aromatic nitrogens is 4. The number of nitrogens with zero attached hydrogens (tertiary/aromatic N) is 6. The van der Waals surface area contributed by atoms with Crippen LogP contribution >= 0.6 is 8.53 Å². The summed E-state index contributed by atoms with van der Waals surface area (Å²) in [4.78, 5) is 31.9. The van der Waals surface area contributed by atoms with Crippen molar-refractivity contribution in [2.75, 3.05) is 26.4 Å². The predicted octanol–water partition coefficient (Wildman–Crippen LogP) is 4.99. The van der Waals surface area contributed by atoms with Crippen molar-refractivity contribution in [1.82, 2.24) is 29.1 Å². The first-order valence-corrected chi connectivity index (χ1v) is 22.5. The minimum atomic E-state index is -3.58. The van der Waals surface area contributed by atoms with Gasteiger partial charge in [-0.25, -0.2) is 37.4 Å². The average molecular weight is 734 g/mol. The maximum atomic E-state index is 13.7. The molecule has 3 aromatic rings. The second kappa shape index (κ2) is 13.9. The molecule has 0 spiro atoms. The molecule has 268 valence electrons. The number of H-pyrrole nitrogens is 1. The third-order valence-corrected chi connectivity index (χ3v) is 17.9. The van der Waals surface area contributed by atoms with Gasteiger partial charge in [-0.2, -0.15) is 0 Å². The normalized spacial score (nSPS) is 28.2. The molecule has 6 rings (SSSR count). The van der Waals surface area contributed by atoms with Gasteiger partial charge in [-0.3, -0.25) is 0 Å². The Balaban J connectivity index is 1.35. The molecule has 5 heterocycles. The fourth-order valence-electron chi connectivity index (χ4n) is 6.32. The first-order valence-electron chi connectivity index (χ1n) is 16.8. The fraction of sp³-hybridized carbons (Fsp3) is 0.625. The van der Waals surface area contributed by atoms with E-state index in [9.17, 15) is 13.2 Å². The summed E-state index contributed by atoms with van der Waals surface area (Å²) in [5, 5.41) is -0.153. The van der Waals surface area contributed by atoms with Crippen molar-refractivity contribution in [3.8, 4) is 0 Å². The summed E-state index contributed by atoms with van der Waals surface area (Å²) < 4.78 is 57.8. The molecular formula is C32H48N7O7PSSi. The molecule has 17 heteroatoms. The molecule has 2 aromatic heterocycles. The van der Waals surface area contributed by atoms with Crippen LogP contribution in [-0.4, -0.2) is 109 Å². The molecule has 3 aliphatic heterocycles. The Morgan fingerprint density at radius 1 is 1.16 bits per heavy atom. The van der Waals surface area contributed by atoms with Crippen molar-refractivity contribution in [3.05, 3.63) is 47.1 Å². The number of imidazole rings is 1. The molecular weight excluding hydrogens is 686 g/mol. The molecule has 1 aromatic carbocycles. The minimum absolute atomic E-state index is 0.0726. The molecule has 3 fully saturated rings. The monoisotopic (exact) mass is 733 g/mol. The topological polar surface area (TPSA) is 153 Å². The maximum absolute atomic E-state index is 13.7. The molecule has 3 aliphatic rings. The second-order valence-electron chi connectivity index (χ2n) is 14.6. The summed E-state index contributed by atoms with van der Waals surface area (Å²) in [6.45, 7) is 13.6. The number of aromatic amines is 1. The molecule has 0 aliphatic carbocycles. The number of rotatable bonds is 11. The van der Waals surface area contributed by atoms with Gasteiger partial charge in [0, 0.05) is 26.7 Å². The summed E-state index contributed by atoms with van der Waals surface area (Å²) in [5.41, 5.74) is 0.321. The zero-order valence-electron chi connectivity index (χ0n) is 29.4. The molecule has 3 saturated heterocycles. The Kier molecular flexibility index (Phi) is 10.3. The highest BCUT2D eigenvalue weighted by molar-refractivity contribution is 7.91. The van der Waals surface area contributed by atoms with Gasteiger partial charge in [0.05, 0.1) is 29.2 Å². The van der Waals surface area contributed by atoms with Crippen molar-refractivity contribution in [2.24, 2.45) is 4.99 Å². The van der Waals surface area contributed by atoms with Gasteiger partial charge in [-0.15, -0.1) is 0 Å². The lowest BCUT2D eigenvalue weighted by Crippen LogP contribution is -2.49. The molecule has 1 unspecified atom stereocenters. The molecule has 1 N–H and O–H groups in total. The van der Waals surface area contributed by atoms with Crippen LogP contribution in [0.1, 0.15) is 53.2 Å². The molecule has 14 nitrogen and oxygen atoms in total. The number of ether oxygens (including phenoxy) is 1. The highest BCUT2D eigenvalue weighted by Crippen LogP contribution is 2.58. The maximum Gasteiger partial charge on any atom is 0.330 e. The zero-order valence-corrected chi connectivity index (χ0v) is 32.1. The summed E-state index contributed by atoms with van der Waals surface area (Å²) in [7, 11) is -4.00. The van der Waals surface area contributed by atoms with Crippen molar-refractivity contribution in [1.29, 1.82) is 0 Å². The Labute approximate surface area is 290 Å². The van der Waals surface area contributed by atoms with E-state index in [1.165, 1.54) is 10.9 Å². The second-order valence-corrected chi connectivity index (χ2v) is 22.8. The first kappa shape index (κ1) is 36.2. The number of benzene rings is 1. The Morgan fingerprint density at radius 2 is 1.90 bits per heavy atom. The van der Waals surface area contributed by atoms with Gasteiger partial charge in [0.1, 0.15) is 24.1 Å². The lowest BCUT2D eigenvalue weighted by atomic mass is 10.1. The van der Waals surface area contributed by atoms with E-state index in [4.69, 9.17) is 18.2 Å². The van der Waals surface area contributed by atoms with Crippen molar-refractivity contribution >= 4 is 50.0 Å². The van der Waals surface area contributed by atoms with E-state index in [2.05, 4.69) is 58.5 Å². The Morgan fingerprint density at radius 3 is 2.57 bits per heavy atom. The molecule has 49 heavy (non-hydrogen) atoms. The van der Waals surface area contributed by atoms with Crippen LogP contribution in [0.15, 0.2) is 51.3 Å². The predicted molar refractivity (Wildman–Crippen MR) is 191 cm³/mol. The number of fused-ring (bicyclic) bond motifs is 2. The Hall–Kier alpha value is -2.56. The van der Waals surface area contributed by atoms with E-state index in [1.807, 2.05) is 21.0 Å². The first-order chi connectivity index (χ1) is 23.1. The van der Waals surface area contributed by atoms with E-state index in [0.717, 1.165) is 19.4 Å². The molecule has 0 bridgehead atoms. The van der Waals surface area contributed by atoms with Gasteiger partial charge in [0.15, 0.2) is 35.8 Å². The summed E-state index contributed by atoms with van der Waals surface area (Å²) >= 11 is 0. The highest BCUT2D eigenvalue weighted by atomic mass is 32.2. The average Bonchev–Trinajstić information content (AvgIpc) is 3.80. The van der Waals surface area contributed by atoms with E-state index in [1.54, 1.807) is 41.6 Å². The lowest BCUT2D eigenvalue weighted by Gasteiger charge is -2.41. The third kappa shape index (κ3) is 7.16. The minimum Gasteiger partial charge on any atom is -0.407 e. The highest BCUT2D eigenvalue weighted by Gasteiger charge is 2.56. The van der Waals surface area contributed by atoms with Crippen LogP contribution in [0.2, 0.25) is 18.1 Å². The molecule has 0 radical (unpaired) electrons. The summed E-state index contributed by atoms with van der Waals surface area (Å²) in [6.07, 6.45) is 2.18. The van der Waals surface area contributed by atoms with Crippen molar-refractivity contribution < 1.29 is 26.6 Å². The van der Waals surface area contributed by atoms with Crippen LogP contribution < -0.4 is 5.69 Å². The van der Waals surface area contributed by atoms with Gasteiger partial charge < -0.3 is 28.1 Å². The van der Waals surface area contributed by atoms with Crippen LogP contribution in [0.3, 0.4) is 0 Å². The number of aliphatic imine (C=N–C) groups is 1. The van der Waals surface area contributed by atoms with Gasteiger partial charge in [-0.1, -0.05) is 45.9 Å².